The van der Waals surface area contributed by atoms with Crippen molar-refractivity contribution < 1.29 is 39.3 Å². The van der Waals surface area contributed by atoms with E-state index in [2.05, 4.69) is 21.3 Å². The molecule has 0 bridgehead atoms. The van der Waals surface area contributed by atoms with Gasteiger partial charge in [-0.2, -0.15) is 0 Å². The predicted molar refractivity (Wildman–Crippen MR) is 117 cm³/mol. The standard InChI is InChI=1S/C21H36N4O8/c1-5-7-12(14(26)9-15(27)22-11(6-2)20(30)31)23-18(28)13(8-10(3)4)24-19(29)16-17(25-16)21(32)33/h10-14,16-17,25-26H,5-9H2,1-4H3,(H,22,27)(H,23,28)(H,24,29)(H,30,31)(H,32,33)/t11-,12-,13-,14-,16+,17+/m0/s1. The van der Waals surface area contributed by atoms with Crippen molar-refractivity contribution in [2.75, 3.05) is 0 Å². The van der Waals surface area contributed by atoms with E-state index in [4.69, 9.17) is 10.2 Å². The molecule has 188 valence electrons. The summed E-state index contributed by atoms with van der Waals surface area (Å²) >= 11 is 0. The third kappa shape index (κ3) is 9.34. The summed E-state index contributed by atoms with van der Waals surface area (Å²) < 4.78 is 0. The Morgan fingerprint density at radius 3 is 2.03 bits per heavy atom. The molecule has 1 aliphatic heterocycles. The Balaban J connectivity index is 2.78. The molecule has 0 aromatic rings. The van der Waals surface area contributed by atoms with E-state index < -0.39 is 72.4 Å². The Hall–Kier alpha value is -2.73. The van der Waals surface area contributed by atoms with Crippen LogP contribution in [0.1, 0.15) is 59.8 Å². The largest absolute Gasteiger partial charge is 0.480 e. The summed E-state index contributed by atoms with van der Waals surface area (Å²) in [5.74, 6) is -4.11. The fraction of sp³-hybridized carbons (Fsp3) is 0.762. The predicted octanol–water partition coefficient (Wildman–Crippen LogP) is -1.04. The van der Waals surface area contributed by atoms with Gasteiger partial charge in [-0.25, -0.2) is 4.79 Å². The molecule has 0 saturated carbocycles. The molecule has 6 atom stereocenters. The van der Waals surface area contributed by atoms with Crippen LogP contribution in [0.4, 0.5) is 0 Å². The molecule has 0 unspecified atom stereocenters. The second-order valence-corrected chi connectivity index (χ2v) is 8.69. The third-order valence-electron chi connectivity index (χ3n) is 5.30. The quantitative estimate of drug-likeness (QED) is 0.145. The first kappa shape index (κ1) is 28.3. The number of aliphatic carboxylic acids is 2. The lowest BCUT2D eigenvalue weighted by molar-refractivity contribution is -0.142. The van der Waals surface area contributed by atoms with Gasteiger partial charge in [0.05, 0.1) is 18.6 Å². The summed E-state index contributed by atoms with van der Waals surface area (Å²) in [6.07, 6.45) is -0.261. The Morgan fingerprint density at radius 1 is 0.939 bits per heavy atom. The zero-order valence-corrected chi connectivity index (χ0v) is 19.5. The van der Waals surface area contributed by atoms with Crippen LogP contribution in [-0.4, -0.2) is 81.3 Å². The zero-order chi connectivity index (χ0) is 25.3. The molecule has 0 aromatic heterocycles. The van der Waals surface area contributed by atoms with E-state index in [9.17, 15) is 29.1 Å². The maximum absolute atomic E-state index is 12.9. The van der Waals surface area contributed by atoms with E-state index >= 15 is 0 Å². The lowest BCUT2D eigenvalue weighted by Crippen LogP contribution is -2.54. The third-order valence-corrected chi connectivity index (χ3v) is 5.30. The summed E-state index contributed by atoms with van der Waals surface area (Å²) in [5.41, 5.74) is 0. The van der Waals surface area contributed by atoms with Crippen LogP contribution in [0.15, 0.2) is 0 Å². The van der Waals surface area contributed by atoms with Gasteiger partial charge in [-0.1, -0.05) is 34.1 Å². The van der Waals surface area contributed by atoms with Gasteiger partial charge >= 0.3 is 11.9 Å². The van der Waals surface area contributed by atoms with E-state index in [1.165, 1.54) is 0 Å². The summed E-state index contributed by atoms with van der Waals surface area (Å²) in [6, 6.07) is -4.72. The first-order chi connectivity index (χ1) is 15.4. The molecule has 1 heterocycles. The molecule has 0 spiro atoms. The molecule has 0 radical (unpaired) electrons. The molecule has 12 heteroatoms. The van der Waals surface area contributed by atoms with Crippen molar-refractivity contribution >= 4 is 29.7 Å². The number of hydrogen-bond acceptors (Lipinski definition) is 7. The van der Waals surface area contributed by atoms with Crippen LogP contribution in [-0.2, 0) is 24.0 Å². The molecule has 0 aliphatic carbocycles. The first-order valence-electron chi connectivity index (χ1n) is 11.2. The fourth-order valence-electron chi connectivity index (χ4n) is 3.42. The lowest BCUT2D eigenvalue weighted by Gasteiger charge is -2.27. The van der Waals surface area contributed by atoms with Crippen LogP contribution >= 0.6 is 0 Å². The van der Waals surface area contributed by atoms with Crippen molar-refractivity contribution in [2.45, 2.75) is 96.1 Å². The molecule has 1 saturated heterocycles. The minimum absolute atomic E-state index is 0.0332. The average molecular weight is 473 g/mol. The van der Waals surface area contributed by atoms with Gasteiger partial charge in [-0.15, -0.1) is 0 Å². The molecule has 0 aromatic carbocycles. The molecular formula is C21H36N4O8. The second kappa shape index (κ2) is 13.1. The first-order valence-corrected chi connectivity index (χ1v) is 11.2. The molecule has 7 N–H and O–H groups in total. The van der Waals surface area contributed by atoms with Gasteiger partial charge < -0.3 is 31.3 Å². The Labute approximate surface area is 192 Å². The normalized spacial score (nSPS) is 20.8. The highest BCUT2D eigenvalue weighted by molar-refractivity contribution is 5.97. The van der Waals surface area contributed by atoms with E-state index in [1.54, 1.807) is 6.92 Å². The minimum Gasteiger partial charge on any atom is -0.480 e. The topological polar surface area (TPSA) is 204 Å². The van der Waals surface area contributed by atoms with Crippen molar-refractivity contribution in [1.82, 2.24) is 21.3 Å². The second-order valence-electron chi connectivity index (χ2n) is 8.69. The number of carbonyl (C=O) groups excluding carboxylic acids is 3. The number of aliphatic hydroxyl groups excluding tert-OH is 1. The van der Waals surface area contributed by atoms with Crippen molar-refractivity contribution in [1.29, 1.82) is 0 Å². The van der Waals surface area contributed by atoms with Gasteiger partial charge in [-0.05, 0) is 25.2 Å². The minimum atomic E-state index is -1.27. The highest BCUT2D eigenvalue weighted by Gasteiger charge is 2.48. The van der Waals surface area contributed by atoms with Gasteiger partial charge in [0, 0.05) is 0 Å². The fourth-order valence-corrected chi connectivity index (χ4v) is 3.42. The lowest BCUT2D eigenvalue weighted by atomic mass is 9.99. The summed E-state index contributed by atoms with van der Waals surface area (Å²) in [6.45, 7) is 7.16. The maximum Gasteiger partial charge on any atom is 0.326 e. The molecule has 1 fully saturated rings. The highest BCUT2D eigenvalue weighted by atomic mass is 16.4. The van der Waals surface area contributed by atoms with Crippen LogP contribution in [0, 0.1) is 5.92 Å². The number of carboxylic acid groups (broad SMARTS) is 2. The van der Waals surface area contributed by atoms with Gasteiger partial charge in [0.1, 0.15) is 24.2 Å². The van der Waals surface area contributed by atoms with E-state index in [0.29, 0.717) is 12.8 Å². The van der Waals surface area contributed by atoms with Gasteiger partial charge in [0.2, 0.25) is 17.7 Å². The number of rotatable bonds is 15. The molecular weight excluding hydrogens is 436 g/mol. The number of carbonyl (C=O) groups is 5. The number of carboxylic acids is 2. The molecule has 1 aliphatic rings. The van der Waals surface area contributed by atoms with Crippen molar-refractivity contribution in [3.05, 3.63) is 0 Å². The molecule has 1 rings (SSSR count). The van der Waals surface area contributed by atoms with Gasteiger partial charge in [0.25, 0.3) is 0 Å². The van der Waals surface area contributed by atoms with E-state index in [1.807, 2.05) is 20.8 Å². The number of hydrogen-bond donors (Lipinski definition) is 7. The molecule has 3 amide bonds. The SMILES string of the molecule is CCC[C@H](NC(=O)[C@H](CC(C)C)NC(=O)[C@@H]1N[C@H]1C(=O)O)[C@@H](O)CC(=O)N[C@@H](CC)C(=O)O. The Morgan fingerprint density at radius 2 is 1.58 bits per heavy atom. The van der Waals surface area contributed by atoms with Crippen molar-refractivity contribution in [2.24, 2.45) is 5.92 Å². The smallest absolute Gasteiger partial charge is 0.326 e. The molecule has 33 heavy (non-hydrogen) atoms. The maximum atomic E-state index is 12.9. The number of amides is 3. The van der Waals surface area contributed by atoms with Gasteiger partial charge in [-0.3, -0.25) is 24.5 Å². The van der Waals surface area contributed by atoms with Crippen LogP contribution in [0.5, 0.6) is 0 Å². The van der Waals surface area contributed by atoms with Crippen molar-refractivity contribution in [3.8, 4) is 0 Å². The zero-order valence-electron chi connectivity index (χ0n) is 19.5. The van der Waals surface area contributed by atoms with Crippen LogP contribution in [0.25, 0.3) is 0 Å². The average Bonchev–Trinajstić information content (AvgIpc) is 3.51. The Bertz CT molecular complexity index is 729. The summed E-state index contributed by atoms with van der Waals surface area (Å²) in [5, 5.41) is 38.7. The highest BCUT2D eigenvalue weighted by Crippen LogP contribution is 2.14. The summed E-state index contributed by atoms with van der Waals surface area (Å²) in [4.78, 5) is 59.4. The van der Waals surface area contributed by atoms with Crippen LogP contribution in [0.2, 0.25) is 0 Å². The van der Waals surface area contributed by atoms with E-state index in [0.717, 1.165) is 0 Å². The van der Waals surface area contributed by atoms with E-state index in [-0.39, 0.29) is 18.8 Å². The van der Waals surface area contributed by atoms with Crippen molar-refractivity contribution in [3.63, 3.8) is 0 Å². The monoisotopic (exact) mass is 472 g/mol. The van der Waals surface area contributed by atoms with Crippen LogP contribution < -0.4 is 21.3 Å². The molecule has 12 nitrogen and oxygen atoms in total. The van der Waals surface area contributed by atoms with Crippen LogP contribution in [0.3, 0.4) is 0 Å². The van der Waals surface area contributed by atoms with Gasteiger partial charge in [0.15, 0.2) is 0 Å². The number of aliphatic hydroxyl groups is 1. The Kier molecular flexibility index (Phi) is 11.2. The summed E-state index contributed by atoms with van der Waals surface area (Å²) in [7, 11) is 0. The number of nitrogens with one attached hydrogen (secondary N) is 4.